The van der Waals surface area contributed by atoms with E-state index < -0.39 is 47.5 Å². The van der Waals surface area contributed by atoms with Gasteiger partial charge in [0.05, 0.1) is 61.4 Å². The number of carbonyl (C=O) groups is 7. The van der Waals surface area contributed by atoms with Gasteiger partial charge < -0.3 is 42.8 Å². The number of aryl methyl sites for hydroxylation is 1. The van der Waals surface area contributed by atoms with Gasteiger partial charge in [-0.1, -0.05) is 275 Å². The number of rotatable bonds is 22. The first-order valence-electron chi connectivity index (χ1n) is 35.7. The van der Waals surface area contributed by atoms with Crippen molar-refractivity contribution >= 4 is 152 Å². The molecule has 0 spiro atoms. The standard InChI is InChI=1S/2C23H19Cl2N3O2.C23H20ClN3O2.C21H14Cl3N3O2/c1-14-10-11-17(13-19(14)25)22(29)27-20(16-8-5-9-18(24)12-16)23(30)28-21(26)15-6-3-2-4-7-15;24-19-12-11-17(13-20(19)25)22(29)27-14-18(15-7-3-1-4-8-15)23(30)28-21(26)16-9-5-2-6-10-16;24-19-13-7-12-18(14-19)22(28)26-15-20(16-8-3-1-4-9-16)23(29)27-21(25)17-10-5-2-6-11-17;1-29-19-9-13(2-3-14(19)10-25)21(28)27-20(18-7-5-15(22)11-26-18)12-4-6-16(23)17(24)8-12/h2-13,20H,1H3,(H,27,29)(H2,26,28,30);1-13,18H,14H2,(H,27,29)(H2,26,28,30);1-14,20H,15H2,(H,26,28)(H2,25,27,29);2-9,11,20H,1H3,(H,27,28)/t;;;20-/m...0/s1. The highest BCUT2D eigenvalue weighted by Gasteiger charge is 2.28. The van der Waals surface area contributed by atoms with Crippen molar-refractivity contribution in [3.63, 3.8) is 0 Å². The van der Waals surface area contributed by atoms with Crippen LogP contribution in [-0.2, 0) is 14.4 Å². The number of nitrogens with zero attached hydrogens (tertiary/aromatic N) is 4. The molecule has 0 aliphatic carbocycles. The van der Waals surface area contributed by atoms with Crippen molar-refractivity contribution in [2.75, 3.05) is 20.2 Å². The zero-order valence-corrected chi connectivity index (χ0v) is 68.7. The van der Waals surface area contributed by atoms with Gasteiger partial charge in [0.1, 0.15) is 35.4 Å². The summed E-state index contributed by atoms with van der Waals surface area (Å²) in [6, 6.07) is 81.3. The van der Waals surface area contributed by atoms with E-state index in [-0.39, 0.29) is 53.3 Å². The van der Waals surface area contributed by atoms with Crippen molar-refractivity contribution in [1.82, 2.24) is 31.6 Å². The lowest BCUT2D eigenvalue weighted by Crippen LogP contribution is -2.42. The largest absolute Gasteiger partial charge is 0.495 e. The Kier molecular flexibility index (Phi) is 33.8. The number of hydrogen-bond acceptors (Lipinski definition) is 11. The fourth-order valence-electron chi connectivity index (χ4n) is 11.2. The quantitative estimate of drug-likeness (QED) is 0.0232. The van der Waals surface area contributed by atoms with Crippen LogP contribution in [0.4, 0.5) is 0 Å². The van der Waals surface area contributed by atoms with Gasteiger partial charge >= 0.3 is 0 Å². The molecule has 0 saturated carbocycles. The van der Waals surface area contributed by atoms with E-state index in [0.717, 1.165) is 16.7 Å². The van der Waals surface area contributed by atoms with Gasteiger partial charge in [-0.05, 0) is 138 Å². The molecule has 4 atom stereocenters. The van der Waals surface area contributed by atoms with Gasteiger partial charge in [0.15, 0.2) is 0 Å². The van der Waals surface area contributed by atoms with Crippen LogP contribution in [0.1, 0.15) is 121 Å². The summed E-state index contributed by atoms with van der Waals surface area (Å²) in [4.78, 5) is 102. The number of methoxy groups -OCH3 is 1. The van der Waals surface area contributed by atoms with Crippen molar-refractivity contribution < 1.29 is 38.3 Å². The van der Waals surface area contributed by atoms with E-state index in [9.17, 15) is 33.6 Å². The number of ether oxygens (including phenoxy) is 1. The van der Waals surface area contributed by atoms with Crippen molar-refractivity contribution in [1.29, 1.82) is 10.7 Å². The number of carbonyl (C=O) groups excluding carboxylic acids is 7. The molecule has 12 aromatic rings. The third-order valence-electron chi connectivity index (χ3n) is 17.4. The molecule has 10 N–H and O–H groups in total. The van der Waals surface area contributed by atoms with Crippen LogP contribution in [-0.4, -0.2) is 84.0 Å². The highest BCUT2D eigenvalue weighted by atomic mass is 35.5. The minimum absolute atomic E-state index is 0.0491. The summed E-state index contributed by atoms with van der Waals surface area (Å²) < 4.78 is 5.18. The number of nitrogens with two attached hydrogens (primary N) is 2. The van der Waals surface area contributed by atoms with Gasteiger partial charge in [0.25, 0.3) is 41.4 Å². The molecule has 0 bridgehead atoms. The average Bonchev–Trinajstić information content (AvgIpc) is 0.813. The minimum Gasteiger partial charge on any atom is -0.495 e. The summed E-state index contributed by atoms with van der Waals surface area (Å²) in [7, 11) is 1.44. The molecule has 11 aromatic carbocycles. The van der Waals surface area contributed by atoms with Crippen molar-refractivity contribution in [3.8, 4) is 11.8 Å². The highest BCUT2D eigenvalue weighted by Crippen LogP contribution is 2.31. The predicted octanol–water partition coefficient (Wildman–Crippen LogP) is 18.6. The molecule has 3 unspecified atom stereocenters. The van der Waals surface area contributed by atoms with Crippen LogP contribution in [0.5, 0.6) is 5.75 Å². The van der Waals surface area contributed by atoms with Gasteiger partial charge in [-0.2, -0.15) is 15.2 Å². The van der Waals surface area contributed by atoms with Crippen molar-refractivity contribution in [3.05, 3.63) is 410 Å². The number of amidine groups is 3. The molecule has 12 rings (SSSR count). The Morgan fingerprint density at radius 2 is 0.873 bits per heavy atom. The Morgan fingerprint density at radius 1 is 0.432 bits per heavy atom. The van der Waals surface area contributed by atoms with E-state index >= 15 is 0 Å². The molecule has 0 fully saturated rings. The van der Waals surface area contributed by atoms with Crippen LogP contribution in [0, 0.1) is 23.7 Å². The SMILES string of the molecule is COc1cc(C(=O)N[C@@H](c2ccc(Cl)c(Cl)c2)c2ccc(Cl)cn2)ccc1C#N.Cc1ccc(C(=O)NC(C(=O)NC(=N)c2ccccc2)c2cccc(Cl)c2)cc1Cl.NC(=NC(=O)C(CNC(=O)c1ccc(Cl)c(Cl)c1)c1ccccc1)c1ccccc1.NC(=NC(=O)C(CNC(=O)c1cccc(Cl)c1)c1ccccc1)c1ccccc1. The van der Waals surface area contributed by atoms with E-state index in [4.69, 9.17) is 120 Å². The number of benzene rings is 11. The molecule has 118 heavy (non-hydrogen) atoms. The highest BCUT2D eigenvalue weighted by molar-refractivity contribution is 6.42. The number of amides is 7. The molecular weight excluding hydrogens is 1660 g/mol. The Hall–Kier alpha value is -12.5. The summed E-state index contributed by atoms with van der Waals surface area (Å²) in [6.45, 7) is 1.97. The van der Waals surface area contributed by atoms with Crippen molar-refractivity contribution in [2.45, 2.75) is 30.8 Å². The number of nitriles is 1. The first-order chi connectivity index (χ1) is 56.8. The van der Waals surface area contributed by atoms with Gasteiger partial charge in [-0.15, -0.1) is 0 Å². The van der Waals surface area contributed by atoms with Gasteiger partial charge in [0.2, 0.25) is 0 Å². The molecular formula is C90H72Cl8N12O8. The second-order valence-electron chi connectivity index (χ2n) is 25.6. The minimum atomic E-state index is -1.06. The fraction of sp³-hybridized carbons (Fsp3) is 0.0889. The maximum Gasteiger partial charge on any atom is 0.256 e. The van der Waals surface area contributed by atoms with Crippen LogP contribution in [0.15, 0.2) is 301 Å². The molecule has 0 aliphatic heterocycles. The molecule has 28 heteroatoms. The van der Waals surface area contributed by atoms with Gasteiger partial charge in [-0.25, -0.2) is 0 Å². The molecule has 0 aliphatic rings. The Balaban J connectivity index is 0.000000179. The summed E-state index contributed by atoms with van der Waals surface area (Å²) in [6.07, 6.45) is 1.50. The molecule has 0 saturated heterocycles. The van der Waals surface area contributed by atoms with Crippen LogP contribution in [0.25, 0.3) is 0 Å². The first-order valence-corrected chi connectivity index (χ1v) is 38.8. The van der Waals surface area contributed by atoms with Crippen LogP contribution in [0.3, 0.4) is 0 Å². The molecule has 20 nitrogen and oxygen atoms in total. The van der Waals surface area contributed by atoms with E-state index in [1.54, 1.807) is 164 Å². The monoisotopic (exact) mass is 1730 g/mol. The summed E-state index contributed by atoms with van der Waals surface area (Å²) >= 11 is 48.2. The number of pyridine rings is 1. The maximum atomic E-state index is 13.0. The Morgan fingerprint density at radius 3 is 1.36 bits per heavy atom. The summed E-state index contributed by atoms with van der Waals surface area (Å²) in [5, 5.41) is 34.3. The van der Waals surface area contributed by atoms with Gasteiger partial charge in [-0.3, -0.25) is 44.0 Å². The summed E-state index contributed by atoms with van der Waals surface area (Å²) in [5.74, 6) is -3.82. The van der Waals surface area contributed by atoms with E-state index in [2.05, 4.69) is 41.6 Å². The van der Waals surface area contributed by atoms with Crippen LogP contribution in [0.2, 0.25) is 40.2 Å². The molecule has 1 aromatic heterocycles. The average molecular weight is 1730 g/mol. The molecule has 1 heterocycles. The predicted molar refractivity (Wildman–Crippen MR) is 467 cm³/mol. The van der Waals surface area contributed by atoms with E-state index in [1.165, 1.54) is 31.5 Å². The molecule has 0 radical (unpaired) electrons. The van der Waals surface area contributed by atoms with Crippen LogP contribution >= 0.6 is 92.8 Å². The third kappa shape index (κ3) is 26.2. The lowest BCUT2D eigenvalue weighted by atomic mass is 9.98. The molecule has 7 amide bonds. The smallest absolute Gasteiger partial charge is 0.256 e. The lowest BCUT2D eigenvalue weighted by molar-refractivity contribution is -0.122. The lowest BCUT2D eigenvalue weighted by Gasteiger charge is -2.20. The number of nitrogens with one attached hydrogen (secondary N) is 6. The van der Waals surface area contributed by atoms with E-state index in [1.807, 2.05) is 116 Å². The fourth-order valence-corrected chi connectivity index (χ4v) is 12.5. The molecule has 596 valence electrons. The third-order valence-corrected chi connectivity index (χ3v) is 20.0. The second kappa shape index (κ2) is 44.5. The number of hydrogen-bond donors (Lipinski definition) is 8. The number of aromatic nitrogens is 1. The zero-order chi connectivity index (χ0) is 84.8. The Labute approximate surface area is 720 Å². The Bertz CT molecular complexity index is 5680. The number of aliphatic imine (C=N–C) groups is 2. The summed E-state index contributed by atoms with van der Waals surface area (Å²) in [5.41, 5.74) is 19.7. The topological polar surface area (TPSA) is 326 Å². The van der Waals surface area contributed by atoms with E-state index in [0.29, 0.717) is 102 Å². The van der Waals surface area contributed by atoms with Crippen molar-refractivity contribution in [2.24, 2.45) is 21.5 Å². The normalized spacial score (nSPS) is 11.8. The second-order valence-corrected chi connectivity index (χ2v) is 28.9. The first kappa shape index (κ1) is 89.4. The van der Waals surface area contributed by atoms with Gasteiger partial charge in [0, 0.05) is 73.3 Å². The van der Waals surface area contributed by atoms with Crippen LogP contribution < -0.4 is 42.8 Å². The maximum absolute atomic E-state index is 13.0. The number of halogens is 8. The zero-order valence-electron chi connectivity index (χ0n) is 62.7.